The van der Waals surface area contributed by atoms with E-state index in [-0.39, 0.29) is 6.04 Å². The van der Waals surface area contributed by atoms with Crippen LogP contribution in [0.1, 0.15) is 35.9 Å². The molecule has 1 unspecified atom stereocenters. The van der Waals surface area contributed by atoms with E-state index in [1.54, 1.807) is 19.2 Å². The second-order valence-corrected chi connectivity index (χ2v) is 7.12. The summed E-state index contributed by atoms with van der Waals surface area (Å²) in [7, 11) is 1.71. The fourth-order valence-electron chi connectivity index (χ4n) is 3.32. The second-order valence-electron chi connectivity index (χ2n) is 7.12. The molecule has 1 aromatic carbocycles. The summed E-state index contributed by atoms with van der Waals surface area (Å²) in [6.07, 6.45) is -2.54. The summed E-state index contributed by atoms with van der Waals surface area (Å²) in [5.74, 6) is 1.43. The number of alkyl halides is 3. The zero-order valence-corrected chi connectivity index (χ0v) is 16.6. The molecule has 158 valence electrons. The zero-order chi connectivity index (χ0) is 20.9. The number of rotatable bonds is 6. The predicted octanol–water partition coefficient (Wildman–Crippen LogP) is 3.20. The van der Waals surface area contributed by atoms with E-state index in [1.165, 1.54) is 0 Å². The third-order valence-corrected chi connectivity index (χ3v) is 4.92. The molecule has 0 amide bonds. The fourth-order valence-corrected chi connectivity index (χ4v) is 3.32. The molecule has 0 saturated carbocycles. The smallest absolute Gasteiger partial charge is 0.359 e. The van der Waals surface area contributed by atoms with E-state index in [0.29, 0.717) is 19.0 Å². The fraction of sp³-hybridized carbons (Fsp3) is 0.500. The van der Waals surface area contributed by atoms with Gasteiger partial charge in [0, 0.05) is 38.8 Å². The predicted molar refractivity (Wildman–Crippen MR) is 104 cm³/mol. The minimum atomic E-state index is -4.30. The van der Waals surface area contributed by atoms with E-state index >= 15 is 0 Å². The number of aliphatic imine (C=N–C) groups is 1. The summed E-state index contributed by atoms with van der Waals surface area (Å²) < 4.78 is 43.3. The second kappa shape index (κ2) is 9.30. The van der Waals surface area contributed by atoms with Gasteiger partial charge >= 0.3 is 6.18 Å². The molecule has 1 atom stereocenters. The topological polar surface area (TPSA) is 65.7 Å². The highest BCUT2D eigenvalue weighted by Crippen LogP contribution is 2.29. The Morgan fingerprint density at radius 2 is 2.07 bits per heavy atom. The monoisotopic (exact) mass is 409 g/mol. The van der Waals surface area contributed by atoms with Crippen LogP contribution in [-0.4, -0.2) is 42.2 Å². The molecule has 0 aliphatic carbocycles. The van der Waals surface area contributed by atoms with Crippen molar-refractivity contribution < 1.29 is 17.7 Å². The lowest BCUT2D eigenvalue weighted by Crippen LogP contribution is -2.44. The van der Waals surface area contributed by atoms with Gasteiger partial charge in [0.2, 0.25) is 0 Å². The zero-order valence-electron chi connectivity index (χ0n) is 16.6. The molecule has 1 aliphatic rings. The molecule has 1 aromatic heterocycles. The highest BCUT2D eigenvalue weighted by atomic mass is 19.4. The van der Waals surface area contributed by atoms with Gasteiger partial charge in [-0.1, -0.05) is 24.2 Å². The molecule has 1 aliphatic heterocycles. The van der Waals surface area contributed by atoms with Crippen molar-refractivity contribution in [3.8, 4) is 0 Å². The molecular formula is C20H26F3N5O. The maximum atomic E-state index is 12.7. The molecule has 0 radical (unpaired) electrons. The van der Waals surface area contributed by atoms with E-state index in [0.717, 1.165) is 55.1 Å². The summed E-state index contributed by atoms with van der Waals surface area (Å²) in [6.45, 7) is 4.81. The first kappa shape index (κ1) is 21.2. The van der Waals surface area contributed by atoms with Gasteiger partial charge in [0.25, 0.3) is 0 Å². The van der Waals surface area contributed by atoms with Crippen LogP contribution in [0, 0.1) is 0 Å². The van der Waals surface area contributed by atoms with E-state index in [9.17, 15) is 13.2 Å². The van der Waals surface area contributed by atoms with Crippen molar-refractivity contribution >= 4 is 5.96 Å². The number of nitrogens with one attached hydrogen (secondary N) is 2. The van der Waals surface area contributed by atoms with Gasteiger partial charge in [0.15, 0.2) is 11.7 Å². The number of aromatic nitrogens is 1. The molecule has 9 heteroatoms. The Kier molecular flexibility index (Phi) is 6.79. The number of benzene rings is 1. The molecule has 6 nitrogen and oxygen atoms in total. The summed E-state index contributed by atoms with van der Waals surface area (Å²) >= 11 is 0. The van der Waals surface area contributed by atoms with Gasteiger partial charge < -0.3 is 15.2 Å². The molecule has 1 saturated heterocycles. The molecular weight excluding hydrogens is 383 g/mol. The molecule has 1 fully saturated rings. The van der Waals surface area contributed by atoms with E-state index in [1.807, 2.05) is 13.0 Å². The Hall–Kier alpha value is -2.55. The van der Waals surface area contributed by atoms with Crippen molar-refractivity contribution in [3.63, 3.8) is 0 Å². The van der Waals surface area contributed by atoms with Crippen LogP contribution in [0.2, 0.25) is 0 Å². The molecule has 0 bridgehead atoms. The first-order chi connectivity index (χ1) is 13.9. The van der Waals surface area contributed by atoms with Crippen LogP contribution in [-0.2, 0) is 25.7 Å². The molecule has 3 rings (SSSR count). The molecule has 29 heavy (non-hydrogen) atoms. The first-order valence-corrected chi connectivity index (χ1v) is 9.67. The summed E-state index contributed by atoms with van der Waals surface area (Å²) in [6, 6.07) is 7.51. The number of hydrogen-bond donors (Lipinski definition) is 2. The quantitative estimate of drug-likeness (QED) is 0.567. The van der Waals surface area contributed by atoms with Crippen molar-refractivity contribution in [1.82, 2.24) is 20.7 Å². The Morgan fingerprint density at radius 1 is 1.31 bits per heavy atom. The van der Waals surface area contributed by atoms with E-state index in [4.69, 9.17) is 4.52 Å². The van der Waals surface area contributed by atoms with Crippen LogP contribution in [0.5, 0.6) is 0 Å². The number of hydrogen-bond acceptors (Lipinski definition) is 4. The Morgan fingerprint density at radius 3 is 2.69 bits per heavy atom. The minimum absolute atomic E-state index is 0.219. The average Bonchev–Trinajstić information content (AvgIpc) is 3.34. The van der Waals surface area contributed by atoms with Gasteiger partial charge in [0.05, 0.1) is 17.8 Å². The van der Waals surface area contributed by atoms with Gasteiger partial charge in [-0.25, -0.2) is 0 Å². The number of halogens is 3. The minimum Gasteiger partial charge on any atom is -0.359 e. The van der Waals surface area contributed by atoms with Gasteiger partial charge in [-0.05, 0) is 30.5 Å². The van der Waals surface area contributed by atoms with Crippen LogP contribution in [0.15, 0.2) is 39.8 Å². The lowest BCUT2D eigenvalue weighted by Gasteiger charge is -2.19. The van der Waals surface area contributed by atoms with Crippen molar-refractivity contribution in [2.75, 3.05) is 20.1 Å². The maximum absolute atomic E-state index is 12.7. The molecule has 0 spiro atoms. The summed E-state index contributed by atoms with van der Waals surface area (Å²) in [4.78, 5) is 6.46. The van der Waals surface area contributed by atoms with Crippen LogP contribution in [0.4, 0.5) is 13.2 Å². The summed E-state index contributed by atoms with van der Waals surface area (Å²) in [5.41, 5.74) is 1.17. The van der Waals surface area contributed by atoms with Crippen LogP contribution >= 0.6 is 0 Å². The number of guanidine groups is 1. The normalized spacial score (nSPS) is 18.2. The SMILES string of the molecule is CCc1cc(CNC(=NC)NC2CCN(Cc3ccc(C(F)(F)F)cc3)C2)on1. The highest BCUT2D eigenvalue weighted by molar-refractivity contribution is 5.79. The lowest BCUT2D eigenvalue weighted by atomic mass is 10.1. The standard InChI is InChI=1S/C20H26F3N5O/c1-3-16-10-18(29-27-16)11-25-19(24-2)26-17-8-9-28(13-17)12-14-4-6-15(7-5-14)20(21,22)23/h4-7,10,17H,3,8-9,11-13H2,1-2H3,(H2,24,25,26). The van der Waals surface area contributed by atoms with Crippen molar-refractivity contribution in [3.05, 3.63) is 52.9 Å². The number of likely N-dealkylation sites (tertiary alicyclic amines) is 1. The van der Waals surface area contributed by atoms with Gasteiger partial charge in [-0.2, -0.15) is 13.2 Å². The third kappa shape index (κ3) is 5.96. The number of nitrogens with zero attached hydrogens (tertiary/aromatic N) is 3. The third-order valence-electron chi connectivity index (χ3n) is 4.92. The summed E-state index contributed by atoms with van der Waals surface area (Å²) in [5, 5.41) is 10.6. The van der Waals surface area contributed by atoms with Crippen LogP contribution in [0.3, 0.4) is 0 Å². The Balaban J connectivity index is 1.45. The van der Waals surface area contributed by atoms with Gasteiger partial charge in [-0.3, -0.25) is 9.89 Å². The first-order valence-electron chi connectivity index (χ1n) is 9.67. The lowest BCUT2D eigenvalue weighted by molar-refractivity contribution is -0.137. The van der Waals surface area contributed by atoms with Gasteiger partial charge in [-0.15, -0.1) is 0 Å². The largest absolute Gasteiger partial charge is 0.416 e. The van der Waals surface area contributed by atoms with Crippen LogP contribution < -0.4 is 10.6 Å². The number of aryl methyl sites for hydroxylation is 1. The van der Waals surface area contributed by atoms with Crippen molar-refractivity contribution in [2.45, 2.75) is 45.1 Å². The molecule has 2 aromatic rings. The van der Waals surface area contributed by atoms with Crippen molar-refractivity contribution in [1.29, 1.82) is 0 Å². The highest BCUT2D eigenvalue weighted by Gasteiger charge is 2.30. The molecule has 2 N–H and O–H groups in total. The average molecular weight is 409 g/mol. The van der Waals surface area contributed by atoms with Crippen molar-refractivity contribution in [2.24, 2.45) is 4.99 Å². The Labute approximate surface area is 168 Å². The van der Waals surface area contributed by atoms with Crippen LogP contribution in [0.25, 0.3) is 0 Å². The van der Waals surface area contributed by atoms with E-state index < -0.39 is 11.7 Å². The molecule has 2 heterocycles. The Bertz CT molecular complexity index is 816. The maximum Gasteiger partial charge on any atom is 0.416 e. The van der Waals surface area contributed by atoms with E-state index in [2.05, 4.69) is 25.7 Å². The van der Waals surface area contributed by atoms with Gasteiger partial charge in [0.1, 0.15) is 0 Å².